The molecular weight excluding hydrogens is 360 g/mol. The SMILES string of the molecule is O=C(O)c1ccc(Oc2ccc(N3CCNCC3)cc2)cc1Br. The molecule has 0 unspecified atom stereocenters. The van der Waals surface area contributed by atoms with Gasteiger partial charge in [0.2, 0.25) is 0 Å². The van der Waals surface area contributed by atoms with Crippen molar-refractivity contribution in [3.05, 3.63) is 52.5 Å². The number of ether oxygens (including phenoxy) is 1. The number of benzene rings is 2. The first-order valence-corrected chi connectivity index (χ1v) is 8.19. The van der Waals surface area contributed by atoms with Crippen molar-refractivity contribution in [2.75, 3.05) is 31.1 Å². The Bertz CT molecular complexity index is 697. The molecule has 2 N–H and O–H groups in total. The van der Waals surface area contributed by atoms with E-state index in [2.05, 4.69) is 26.1 Å². The second-order valence-corrected chi connectivity index (χ2v) is 6.13. The molecule has 1 saturated heterocycles. The first kappa shape index (κ1) is 15.8. The number of nitrogens with one attached hydrogen (secondary N) is 1. The van der Waals surface area contributed by atoms with Gasteiger partial charge in [-0.1, -0.05) is 0 Å². The lowest BCUT2D eigenvalue weighted by Crippen LogP contribution is -2.43. The van der Waals surface area contributed by atoms with Crippen LogP contribution in [0.3, 0.4) is 0 Å². The topological polar surface area (TPSA) is 61.8 Å². The second kappa shape index (κ2) is 7.02. The highest BCUT2D eigenvalue weighted by atomic mass is 79.9. The third-order valence-corrected chi connectivity index (χ3v) is 4.38. The van der Waals surface area contributed by atoms with E-state index in [-0.39, 0.29) is 5.56 Å². The zero-order chi connectivity index (χ0) is 16.2. The van der Waals surface area contributed by atoms with Crippen molar-refractivity contribution < 1.29 is 14.6 Å². The summed E-state index contributed by atoms with van der Waals surface area (Å²) in [6.07, 6.45) is 0. The minimum absolute atomic E-state index is 0.214. The number of halogens is 1. The van der Waals surface area contributed by atoms with E-state index in [1.165, 1.54) is 11.8 Å². The van der Waals surface area contributed by atoms with Gasteiger partial charge in [-0.2, -0.15) is 0 Å². The number of carboxylic acids is 1. The molecule has 0 saturated carbocycles. The van der Waals surface area contributed by atoms with E-state index in [9.17, 15) is 4.79 Å². The number of anilines is 1. The fourth-order valence-electron chi connectivity index (χ4n) is 2.52. The normalized spacial score (nSPS) is 14.6. The molecule has 2 aromatic rings. The maximum absolute atomic E-state index is 11.0. The quantitative estimate of drug-likeness (QED) is 0.856. The van der Waals surface area contributed by atoms with Crippen molar-refractivity contribution in [1.29, 1.82) is 0 Å². The Balaban J connectivity index is 1.70. The molecule has 0 amide bonds. The van der Waals surface area contributed by atoms with Crippen LogP contribution in [0.15, 0.2) is 46.9 Å². The van der Waals surface area contributed by atoms with Crippen LogP contribution < -0.4 is 15.0 Å². The highest BCUT2D eigenvalue weighted by molar-refractivity contribution is 9.10. The van der Waals surface area contributed by atoms with Crippen LogP contribution in [0.1, 0.15) is 10.4 Å². The molecule has 0 spiro atoms. The number of carbonyl (C=O) groups is 1. The van der Waals surface area contributed by atoms with Crippen molar-refractivity contribution in [2.24, 2.45) is 0 Å². The van der Waals surface area contributed by atoms with Gasteiger partial charge in [0.05, 0.1) is 5.56 Å². The summed E-state index contributed by atoms with van der Waals surface area (Å²) in [4.78, 5) is 13.3. The Kier molecular flexibility index (Phi) is 4.83. The molecular formula is C17H17BrN2O3. The molecule has 0 aromatic heterocycles. The Morgan fingerprint density at radius 2 is 1.74 bits per heavy atom. The molecule has 0 atom stereocenters. The summed E-state index contributed by atoms with van der Waals surface area (Å²) in [5.74, 6) is 0.347. The Morgan fingerprint density at radius 3 is 2.35 bits per heavy atom. The number of hydrogen-bond acceptors (Lipinski definition) is 4. The van der Waals surface area contributed by atoms with Gasteiger partial charge < -0.3 is 20.1 Å². The second-order valence-electron chi connectivity index (χ2n) is 5.28. The van der Waals surface area contributed by atoms with E-state index in [4.69, 9.17) is 9.84 Å². The molecule has 3 rings (SSSR count). The van der Waals surface area contributed by atoms with E-state index in [0.717, 1.165) is 31.9 Å². The van der Waals surface area contributed by atoms with Crippen LogP contribution >= 0.6 is 15.9 Å². The maximum Gasteiger partial charge on any atom is 0.336 e. The van der Waals surface area contributed by atoms with Crippen molar-refractivity contribution in [3.8, 4) is 11.5 Å². The number of hydrogen-bond donors (Lipinski definition) is 2. The van der Waals surface area contributed by atoms with E-state index in [0.29, 0.717) is 10.2 Å². The largest absolute Gasteiger partial charge is 0.478 e. The Labute approximate surface area is 143 Å². The number of rotatable bonds is 4. The molecule has 0 radical (unpaired) electrons. The highest BCUT2D eigenvalue weighted by Gasteiger charge is 2.11. The molecule has 23 heavy (non-hydrogen) atoms. The highest BCUT2D eigenvalue weighted by Crippen LogP contribution is 2.28. The smallest absolute Gasteiger partial charge is 0.336 e. The van der Waals surface area contributed by atoms with Gasteiger partial charge in [-0.05, 0) is 58.4 Å². The summed E-state index contributed by atoms with van der Waals surface area (Å²) in [5.41, 5.74) is 1.40. The molecule has 0 bridgehead atoms. The summed E-state index contributed by atoms with van der Waals surface area (Å²) in [6, 6.07) is 12.8. The Morgan fingerprint density at radius 1 is 1.09 bits per heavy atom. The van der Waals surface area contributed by atoms with Crippen molar-refractivity contribution in [3.63, 3.8) is 0 Å². The summed E-state index contributed by atoms with van der Waals surface area (Å²) in [5, 5.41) is 12.4. The van der Waals surface area contributed by atoms with Crippen LogP contribution in [-0.4, -0.2) is 37.3 Å². The zero-order valence-corrected chi connectivity index (χ0v) is 14.0. The lowest BCUT2D eigenvalue weighted by molar-refractivity contribution is 0.0696. The van der Waals surface area contributed by atoms with E-state index >= 15 is 0 Å². The standard InChI is InChI=1S/C17H17BrN2O3/c18-16-11-14(5-6-15(16)17(21)22)23-13-3-1-12(2-4-13)20-9-7-19-8-10-20/h1-6,11,19H,7-10H2,(H,21,22). The van der Waals surface area contributed by atoms with E-state index in [1.54, 1.807) is 12.1 Å². The van der Waals surface area contributed by atoms with Crippen LogP contribution in [0.5, 0.6) is 11.5 Å². The molecule has 0 aliphatic carbocycles. The predicted octanol–water partition coefficient (Wildman–Crippen LogP) is 3.35. The molecule has 1 aliphatic heterocycles. The van der Waals surface area contributed by atoms with E-state index in [1.807, 2.05) is 24.3 Å². The summed E-state index contributed by atoms with van der Waals surface area (Å²) in [7, 11) is 0. The summed E-state index contributed by atoms with van der Waals surface area (Å²) < 4.78 is 6.28. The van der Waals surface area contributed by atoms with Crippen LogP contribution in [-0.2, 0) is 0 Å². The summed E-state index contributed by atoms with van der Waals surface area (Å²) in [6.45, 7) is 4.01. The average molecular weight is 377 g/mol. The molecule has 2 aromatic carbocycles. The third kappa shape index (κ3) is 3.83. The minimum atomic E-state index is -0.969. The molecule has 6 heteroatoms. The zero-order valence-electron chi connectivity index (χ0n) is 12.5. The van der Waals surface area contributed by atoms with E-state index < -0.39 is 5.97 Å². The summed E-state index contributed by atoms with van der Waals surface area (Å²) >= 11 is 3.25. The van der Waals surface area contributed by atoms with Gasteiger partial charge in [-0.3, -0.25) is 0 Å². The van der Waals surface area contributed by atoms with Gasteiger partial charge in [0.25, 0.3) is 0 Å². The van der Waals surface area contributed by atoms with Crippen molar-refractivity contribution in [1.82, 2.24) is 5.32 Å². The number of aromatic carboxylic acids is 1. The number of nitrogens with zero attached hydrogens (tertiary/aromatic N) is 1. The molecule has 120 valence electrons. The van der Waals surface area contributed by atoms with Crippen LogP contribution in [0.2, 0.25) is 0 Å². The van der Waals surface area contributed by atoms with Crippen molar-refractivity contribution >= 4 is 27.6 Å². The van der Waals surface area contributed by atoms with Crippen molar-refractivity contribution in [2.45, 2.75) is 0 Å². The van der Waals surface area contributed by atoms with Gasteiger partial charge in [0.15, 0.2) is 0 Å². The lowest BCUT2D eigenvalue weighted by Gasteiger charge is -2.29. The fraction of sp³-hybridized carbons (Fsp3) is 0.235. The predicted molar refractivity (Wildman–Crippen MR) is 92.7 cm³/mol. The fourth-order valence-corrected chi connectivity index (χ4v) is 3.04. The van der Waals surface area contributed by atoms with Crippen LogP contribution in [0, 0.1) is 0 Å². The average Bonchev–Trinajstić information content (AvgIpc) is 2.56. The number of piperazine rings is 1. The van der Waals surface area contributed by atoms with Gasteiger partial charge in [0, 0.05) is 36.3 Å². The monoisotopic (exact) mass is 376 g/mol. The molecule has 5 nitrogen and oxygen atoms in total. The first-order valence-electron chi connectivity index (χ1n) is 7.40. The van der Waals surface area contributed by atoms with Gasteiger partial charge in [0.1, 0.15) is 11.5 Å². The Hall–Kier alpha value is -2.05. The van der Waals surface area contributed by atoms with Gasteiger partial charge in [-0.25, -0.2) is 4.79 Å². The van der Waals surface area contributed by atoms with Crippen LogP contribution in [0.25, 0.3) is 0 Å². The van der Waals surface area contributed by atoms with Gasteiger partial charge in [-0.15, -0.1) is 0 Å². The van der Waals surface area contributed by atoms with Crippen LogP contribution in [0.4, 0.5) is 5.69 Å². The molecule has 1 fully saturated rings. The third-order valence-electron chi connectivity index (χ3n) is 3.73. The van der Waals surface area contributed by atoms with Gasteiger partial charge >= 0.3 is 5.97 Å². The molecule has 1 aliphatic rings. The minimum Gasteiger partial charge on any atom is -0.478 e. The first-order chi connectivity index (χ1) is 11.1. The number of carboxylic acid groups (broad SMARTS) is 1. The molecule has 1 heterocycles. The maximum atomic E-state index is 11.0. The lowest BCUT2D eigenvalue weighted by atomic mass is 10.2.